The largest absolute Gasteiger partial charge is 0.293 e. The summed E-state index contributed by atoms with van der Waals surface area (Å²) in [7, 11) is 0. The molecule has 25 heavy (non-hydrogen) atoms. The average Bonchev–Trinajstić information content (AvgIpc) is 2.82. The number of rotatable bonds is 3. The first-order valence-electron chi connectivity index (χ1n) is 6.99. The van der Waals surface area contributed by atoms with Gasteiger partial charge in [-0.1, -0.05) is 45.2 Å². The van der Waals surface area contributed by atoms with Gasteiger partial charge in [-0.25, -0.2) is 4.39 Å². The van der Waals surface area contributed by atoms with E-state index in [0.717, 1.165) is 16.7 Å². The molecule has 0 aromatic heterocycles. The number of thioether (sulfide) groups is 1. The van der Waals surface area contributed by atoms with E-state index in [4.69, 9.17) is 23.2 Å². The lowest BCUT2D eigenvalue weighted by molar-refractivity contribution is -0.123. The van der Waals surface area contributed by atoms with Crippen molar-refractivity contribution in [1.29, 1.82) is 0 Å². The lowest BCUT2D eigenvalue weighted by atomic mass is 10.2. The molecule has 2 aromatic rings. The van der Waals surface area contributed by atoms with Crippen LogP contribution in [0.1, 0.15) is 11.1 Å². The molecule has 0 radical (unpaired) electrons. The van der Waals surface area contributed by atoms with Crippen molar-refractivity contribution < 1.29 is 14.0 Å². The number of carbonyl (C=O) groups excluding carboxylic acids is 2. The van der Waals surface area contributed by atoms with Gasteiger partial charge >= 0.3 is 0 Å². The van der Waals surface area contributed by atoms with E-state index in [9.17, 15) is 14.0 Å². The van der Waals surface area contributed by atoms with E-state index in [1.54, 1.807) is 30.3 Å². The Balaban J connectivity index is 1.85. The number of hydrogen-bond acceptors (Lipinski definition) is 3. The smallest absolute Gasteiger partial charge is 0.268 e. The zero-order valence-corrected chi connectivity index (χ0v) is 16.3. The Kier molecular flexibility index (Phi) is 5.53. The predicted octanol–water partition coefficient (Wildman–Crippen LogP) is 6.13. The fourth-order valence-electron chi connectivity index (χ4n) is 2.22. The normalized spacial score (nSPS) is 16.2. The topological polar surface area (TPSA) is 37.4 Å². The molecule has 0 aliphatic carbocycles. The van der Waals surface area contributed by atoms with Crippen molar-refractivity contribution in [3.05, 3.63) is 72.8 Å². The molecule has 0 saturated carbocycles. The van der Waals surface area contributed by atoms with E-state index >= 15 is 0 Å². The third-order valence-electron chi connectivity index (χ3n) is 3.44. The summed E-state index contributed by atoms with van der Waals surface area (Å²) in [5.74, 6) is -0.945. The maximum absolute atomic E-state index is 13.9. The van der Waals surface area contributed by atoms with Gasteiger partial charge in [-0.15, -0.1) is 0 Å². The first kappa shape index (κ1) is 18.5. The van der Waals surface area contributed by atoms with Gasteiger partial charge in [0.25, 0.3) is 11.1 Å². The number of benzene rings is 2. The Morgan fingerprint density at radius 2 is 1.88 bits per heavy atom. The van der Waals surface area contributed by atoms with Gasteiger partial charge in [0.15, 0.2) is 0 Å². The van der Waals surface area contributed by atoms with Crippen LogP contribution in [0.25, 0.3) is 6.08 Å². The first-order valence-corrected chi connectivity index (χ1v) is 9.36. The predicted molar refractivity (Wildman–Crippen MR) is 102 cm³/mol. The number of nitrogens with zero attached hydrogens (tertiary/aromatic N) is 1. The summed E-state index contributed by atoms with van der Waals surface area (Å²) in [5.41, 5.74) is 0.904. The second kappa shape index (κ2) is 7.50. The zero-order chi connectivity index (χ0) is 18.1. The number of carbonyl (C=O) groups is 2. The Hall–Kier alpha value is -1.34. The first-order chi connectivity index (χ1) is 11.8. The van der Waals surface area contributed by atoms with E-state index < -0.39 is 17.0 Å². The summed E-state index contributed by atoms with van der Waals surface area (Å²) in [6.45, 7) is 0.0693. The van der Waals surface area contributed by atoms with E-state index in [1.807, 2.05) is 0 Å². The molecular formula is C17H9BrCl2FNO2S. The second-order valence-corrected chi connectivity index (χ2v) is 7.91. The van der Waals surface area contributed by atoms with Gasteiger partial charge in [0.2, 0.25) is 0 Å². The number of hydrogen-bond donors (Lipinski definition) is 0. The molecule has 3 rings (SSSR count). The standard InChI is InChI=1S/C17H9BrCl2FNO2S/c18-11-2-4-14(21)10(6-11)7-15-16(23)22(17(24)25-15)8-9-1-3-12(19)13(20)5-9/h1-7H,8H2/b15-7-. The Bertz CT molecular complexity index is 920. The molecule has 128 valence electrons. The average molecular weight is 461 g/mol. The summed E-state index contributed by atoms with van der Waals surface area (Å²) in [6, 6.07) is 9.28. The second-order valence-electron chi connectivity index (χ2n) is 5.18. The van der Waals surface area contributed by atoms with Crippen molar-refractivity contribution in [2.24, 2.45) is 0 Å². The molecule has 0 N–H and O–H groups in total. The fraction of sp³-hybridized carbons (Fsp3) is 0.0588. The van der Waals surface area contributed by atoms with Gasteiger partial charge in [-0.05, 0) is 53.7 Å². The van der Waals surface area contributed by atoms with Crippen LogP contribution in [0.15, 0.2) is 45.8 Å². The molecule has 0 unspecified atom stereocenters. The van der Waals surface area contributed by atoms with Crippen molar-refractivity contribution in [1.82, 2.24) is 4.90 Å². The molecule has 0 bridgehead atoms. The highest BCUT2D eigenvalue weighted by molar-refractivity contribution is 9.10. The number of halogens is 4. The Morgan fingerprint density at radius 1 is 1.12 bits per heavy atom. The molecule has 1 fully saturated rings. The highest BCUT2D eigenvalue weighted by Gasteiger charge is 2.35. The molecule has 1 heterocycles. The third kappa shape index (κ3) is 4.08. The van der Waals surface area contributed by atoms with Crippen LogP contribution in [0.2, 0.25) is 10.0 Å². The summed E-state index contributed by atoms with van der Waals surface area (Å²) in [5, 5.41) is 0.320. The summed E-state index contributed by atoms with van der Waals surface area (Å²) < 4.78 is 14.5. The van der Waals surface area contributed by atoms with Gasteiger partial charge in [0, 0.05) is 10.0 Å². The SMILES string of the molecule is O=C1S/C(=C\c2cc(Br)ccc2F)C(=O)N1Cc1ccc(Cl)c(Cl)c1. The van der Waals surface area contributed by atoms with Crippen LogP contribution in [0.5, 0.6) is 0 Å². The maximum atomic E-state index is 13.9. The minimum Gasteiger partial charge on any atom is -0.268 e. The van der Waals surface area contributed by atoms with E-state index in [0.29, 0.717) is 20.1 Å². The van der Waals surface area contributed by atoms with Crippen LogP contribution in [-0.2, 0) is 11.3 Å². The van der Waals surface area contributed by atoms with Crippen LogP contribution in [0.3, 0.4) is 0 Å². The third-order valence-corrected chi connectivity index (χ3v) is 5.58. The zero-order valence-electron chi connectivity index (χ0n) is 12.4. The molecule has 0 atom stereocenters. The van der Waals surface area contributed by atoms with Crippen molar-refractivity contribution in [2.45, 2.75) is 6.54 Å². The summed E-state index contributed by atoms with van der Waals surface area (Å²) in [4.78, 5) is 25.9. The van der Waals surface area contributed by atoms with Gasteiger partial charge in [0.05, 0.1) is 21.5 Å². The lowest BCUT2D eigenvalue weighted by Crippen LogP contribution is -2.27. The quantitative estimate of drug-likeness (QED) is 0.517. The van der Waals surface area contributed by atoms with Crippen LogP contribution >= 0.6 is 50.9 Å². The molecule has 8 heteroatoms. The summed E-state index contributed by atoms with van der Waals surface area (Å²) in [6.07, 6.45) is 1.37. The Labute approximate surface area is 165 Å². The van der Waals surface area contributed by atoms with E-state index in [1.165, 1.54) is 12.1 Å². The van der Waals surface area contributed by atoms with Gasteiger partial charge in [0.1, 0.15) is 5.82 Å². The minimum absolute atomic E-state index is 0.0693. The highest BCUT2D eigenvalue weighted by Crippen LogP contribution is 2.34. The number of amides is 2. The maximum Gasteiger partial charge on any atom is 0.293 e. The fourth-order valence-corrected chi connectivity index (χ4v) is 3.75. The van der Waals surface area contributed by atoms with Crippen molar-refractivity contribution >= 4 is 68.1 Å². The monoisotopic (exact) mass is 459 g/mol. The molecule has 2 aromatic carbocycles. The van der Waals surface area contributed by atoms with Crippen LogP contribution < -0.4 is 0 Å². The molecular weight excluding hydrogens is 452 g/mol. The molecule has 1 aliphatic rings. The molecule has 1 saturated heterocycles. The number of imide groups is 1. The van der Waals surface area contributed by atoms with Crippen molar-refractivity contribution in [2.75, 3.05) is 0 Å². The van der Waals surface area contributed by atoms with Crippen molar-refractivity contribution in [3.8, 4) is 0 Å². The molecule has 2 amide bonds. The van der Waals surface area contributed by atoms with E-state index in [2.05, 4.69) is 15.9 Å². The van der Waals surface area contributed by atoms with Gasteiger partial charge in [-0.3, -0.25) is 14.5 Å². The van der Waals surface area contributed by atoms with Crippen LogP contribution in [0.4, 0.5) is 9.18 Å². The lowest BCUT2D eigenvalue weighted by Gasteiger charge is -2.12. The molecule has 1 aliphatic heterocycles. The van der Waals surface area contributed by atoms with Crippen molar-refractivity contribution in [3.63, 3.8) is 0 Å². The van der Waals surface area contributed by atoms with Crippen LogP contribution in [0, 0.1) is 5.82 Å². The highest BCUT2D eigenvalue weighted by atomic mass is 79.9. The van der Waals surface area contributed by atoms with E-state index in [-0.39, 0.29) is 17.0 Å². The molecule has 0 spiro atoms. The van der Waals surface area contributed by atoms with Gasteiger partial charge < -0.3 is 0 Å². The Morgan fingerprint density at radius 3 is 2.60 bits per heavy atom. The van der Waals surface area contributed by atoms with Crippen LogP contribution in [-0.4, -0.2) is 16.0 Å². The van der Waals surface area contributed by atoms with Gasteiger partial charge in [-0.2, -0.15) is 0 Å². The minimum atomic E-state index is -0.473. The molecule has 3 nitrogen and oxygen atoms in total. The summed E-state index contributed by atoms with van der Waals surface area (Å²) >= 11 is 15.8.